The van der Waals surface area contributed by atoms with Crippen LogP contribution in [0.5, 0.6) is 0 Å². The maximum absolute atomic E-state index is 11.6. The third-order valence-corrected chi connectivity index (χ3v) is 5.04. The van der Waals surface area contributed by atoms with E-state index in [4.69, 9.17) is 16.3 Å². The molecule has 0 radical (unpaired) electrons. The summed E-state index contributed by atoms with van der Waals surface area (Å²) >= 11 is 5.22. The van der Waals surface area contributed by atoms with E-state index in [-0.39, 0.29) is 36.2 Å². The highest BCUT2D eigenvalue weighted by molar-refractivity contribution is 6.63. The lowest BCUT2D eigenvalue weighted by molar-refractivity contribution is -0.150. The smallest absolute Gasteiger partial charge is 0.306 e. The van der Waals surface area contributed by atoms with Crippen molar-refractivity contribution in [3.05, 3.63) is 23.8 Å². The quantitative estimate of drug-likeness (QED) is 0.388. The number of halogens is 1. The summed E-state index contributed by atoms with van der Waals surface area (Å²) in [4.78, 5) is 22.2. The van der Waals surface area contributed by atoms with E-state index < -0.39 is 5.24 Å². The zero-order valence-corrected chi connectivity index (χ0v) is 14.9. The molecule has 4 heteroatoms. The molecule has 0 aromatic heterocycles. The van der Waals surface area contributed by atoms with Gasteiger partial charge in [0, 0.05) is 12.3 Å². The number of esters is 1. The summed E-state index contributed by atoms with van der Waals surface area (Å²) in [7, 11) is 0. The molecule has 0 N–H and O–H groups in total. The summed E-state index contributed by atoms with van der Waals surface area (Å²) in [5.41, 5.74) is 1.62. The molecule has 0 heterocycles. The first-order chi connectivity index (χ1) is 10.1. The third-order valence-electron chi connectivity index (χ3n) is 4.85. The Kier molecular flexibility index (Phi) is 6.86. The predicted octanol–water partition coefficient (Wildman–Crippen LogP) is 4.65. The third kappa shape index (κ3) is 5.28. The summed E-state index contributed by atoms with van der Waals surface area (Å²) in [6.45, 7) is 10.6. The molecule has 0 amide bonds. The normalized spacial score (nSPS) is 23.2. The van der Waals surface area contributed by atoms with E-state index in [9.17, 15) is 9.59 Å². The number of allylic oxidation sites excluding steroid dienone is 3. The molecule has 3 atom stereocenters. The van der Waals surface area contributed by atoms with Crippen LogP contribution in [-0.2, 0) is 14.3 Å². The van der Waals surface area contributed by atoms with Crippen LogP contribution in [0, 0.1) is 17.3 Å². The molecule has 0 saturated heterocycles. The van der Waals surface area contributed by atoms with Gasteiger partial charge in [0.1, 0.15) is 6.10 Å². The topological polar surface area (TPSA) is 43.4 Å². The summed E-state index contributed by atoms with van der Waals surface area (Å²) < 4.78 is 5.34. The lowest BCUT2D eigenvalue weighted by atomic mass is 9.77. The monoisotopic (exact) mass is 326 g/mol. The van der Waals surface area contributed by atoms with Crippen LogP contribution < -0.4 is 0 Å². The Morgan fingerprint density at radius 1 is 1.41 bits per heavy atom. The van der Waals surface area contributed by atoms with E-state index in [0.29, 0.717) is 5.92 Å². The van der Waals surface area contributed by atoms with Crippen molar-refractivity contribution in [1.82, 2.24) is 0 Å². The summed E-state index contributed by atoms with van der Waals surface area (Å²) in [6.07, 6.45) is 7.59. The molecule has 0 fully saturated rings. The number of hydrogen-bond donors (Lipinski definition) is 0. The minimum absolute atomic E-state index is 0.0263. The van der Waals surface area contributed by atoms with Crippen molar-refractivity contribution in [3.63, 3.8) is 0 Å². The Labute approximate surface area is 138 Å². The summed E-state index contributed by atoms with van der Waals surface area (Å²) in [5, 5.41) is -0.510. The maximum atomic E-state index is 11.6. The molecular formula is C18H27ClO3. The fourth-order valence-electron chi connectivity index (χ4n) is 2.51. The standard InChI is InChI=1S/C18H27ClO3/c1-12(14(3)22-17(21)11-10-16(19)20)6-8-15-9-7-13(2)18(15,4)5/h6-8,12,14-15H,9-11H2,1-5H3. The summed E-state index contributed by atoms with van der Waals surface area (Å²) in [5.74, 6) is 0.250. The van der Waals surface area contributed by atoms with Crippen LogP contribution >= 0.6 is 11.6 Å². The van der Waals surface area contributed by atoms with Crippen LogP contribution in [0.15, 0.2) is 23.8 Å². The van der Waals surface area contributed by atoms with Gasteiger partial charge < -0.3 is 4.74 Å². The minimum Gasteiger partial charge on any atom is -0.462 e. The zero-order valence-electron chi connectivity index (χ0n) is 14.2. The second kappa shape index (κ2) is 7.96. The van der Waals surface area contributed by atoms with Gasteiger partial charge in [-0.1, -0.05) is 44.6 Å². The van der Waals surface area contributed by atoms with Gasteiger partial charge in [-0.15, -0.1) is 0 Å². The van der Waals surface area contributed by atoms with Crippen LogP contribution in [-0.4, -0.2) is 17.3 Å². The predicted molar refractivity (Wildman–Crippen MR) is 89.6 cm³/mol. The lowest BCUT2D eigenvalue weighted by Gasteiger charge is -2.28. The minimum atomic E-state index is -0.510. The maximum Gasteiger partial charge on any atom is 0.306 e. The van der Waals surface area contributed by atoms with Crippen LogP contribution in [0.2, 0.25) is 0 Å². The van der Waals surface area contributed by atoms with E-state index in [2.05, 4.69) is 39.0 Å². The first-order valence-electron chi connectivity index (χ1n) is 7.88. The molecule has 1 aliphatic rings. The van der Waals surface area contributed by atoms with Gasteiger partial charge in [0.2, 0.25) is 5.24 Å². The first kappa shape index (κ1) is 19.0. The number of rotatable bonds is 7. The fraction of sp³-hybridized carbons (Fsp3) is 0.667. The van der Waals surface area contributed by atoms with Crippen molar-refractivity contribution in [3.8, 4) is 0 Å². The van der Waals surface area contributed by atoms with Crippen molar-refractivity contribution >= 4 is 22.8 Å². The van der Waals surface area contributed by atoms with Gasteiger partial charge in [-0.25, -0.2) is 0 Å². The van der Waals surface area contributed by atoms with Crippen molar-refractivity contribution in [2.45, 2.75) is 60.0 Å². The molecule has 0 aromatic carbocycles. The number of carbonyl (C=O) groups is 2. The SMILES string of the molecule is CC1=CCC(C=CC(C)C(C)OC(=O)CCC(=O)Cl)C1(C)C. The fourth-order valence-corrected chi connectivity index (χ4v) is 2.61. The van der Waals surface area contributed by atoms with Gasteiger partial charge in [-0.3, -0.25) is 9.59 Å². The van der Waals surface area contributed by atoms with E-state index in [1.165, 1.54) is 5.57 Å². The Hall–Kier alpha value is -1.09. The Balaban J connectivity index is 2.47. The van der Waals surface area contributed by atoms with Gasteiger partial charge in [0.05, 0.1) is 6.42 Å². The number of ether oxygens (including phenoxy) is 1. The highest BCUT2D eigenvalue weighted by atomic mass is 35.5. The van der Waals surface area contributed by atoms with Crippen LogP contribution in [0.1, 0.15) is 53.9 Å². The highest BCUT2D eigenvalue weighted by Gasteiger charge is 2.33. The molecular weight excluding hydrogens is 300 g/mol. The second-order valence-electron chi connectivity index (χ2n) is 6.75. The van der Waals surface area contributed by atoms with Gasteiger partial charge >= 0.3 is 5.97 Å². The Morgan fingerprint density at radius 2 is 2.05 bits per heavy atom. The molecule has 1 rings (SSSR count). The largest absolute Gasteiger partial charge is 0.462 e. The Bertz CT molecular complexity index is 477. The van der Waals surface area contributed by atoms with E-state index in [1.807, 2.05) is 13.8 Å². The van der Waals surface area contributed by atoms with E-state index in [0.717, 1.165) is 6.42 Å². The van der Waals surface area contributed by atoms with Crippen molar-refractivity contribution in [2.24, 2.45) is 17.3 Å². The number of carbonyl (C=O) groups excluding carboxylic acids is 2. The van der Waals surface area contributed by atoms with Gasteiger partial charge in [-0.05, 0) is 43.2 Å². The lowest BCUT2D eigenvalue weighted by Crippen LogP contribution is -2.22. The average molecular weight is 327 g/mol. The van der Waals surface area contributed by atoms with Crippen LogP contribution in [0.4, 0.5) is 0 Å². The molecule has 22 heavy (non-hydrogen) atoms. The van der Waals surface area contributed by atoms with E-state index in [1.54, 1.807) is 0 Å². The number of hydrogen-bond acceptors (Lipinski definition) is 3. The highest BCUT2D eigenvalue weighted by Crippen LogP contribution is 2.43. The van der Waals surface area contributed by atoms with Gasteiger partial charge in [0.25, 0.3) is 0 Å². The van der Waals surface area contributed by atoms with Crippen molar-refractivity contribution in [1.29, 1.82) is 0 Å². The van der Waals surface area contributed by atoms with Crippen molar-refractivity contribution in [2.75, 3.05) is 0 Å². The molecule has 0 spiro atoms. The van der Waals surface area contributed by atoms with E-state index >= 15 is 0 Å². The van der Waals surface area contributed by atoms with Crippen molar-refractivity contribution < 1.29 is 14.3 Å². The van der Waals surface area contributed by atoms with Gasteiger partial charge in [-0.2, -0.15) is 0 Å². The second-order valence-corrected chi connectivity index (χ2v) is 7.17. The van der Waals surface area contributed by atoms with Crippen LogP contribution in [0.25, 0.3) is 0 Å². The molecule has 0 bridgehead atoms. The first-order valence-corrected chi connectivity index (χ1v) is 8.25. The molecule has 1 aliphatic carbocycles. The zero-order chi connectivity index (χ0) is 16.9. The molecule has 124 valence electrons. The molecule has 3 nitrogen and oxygen atoms in total. The molecule has 0 saturated carbocycles. The van der Waals surface area contributed by atoms with Crippen LogP contribution in [0.3, 0.4) is 0 Å². The average Bonchev–Trinajstić information content (AvgIpc) is 2.68. The summed E-state index contributed by atoms with van der Waals surface area (Å²) in [6, 6.07) is 0. The molecule has 0 aromatic rings. The van der Waals surface area contributed by atoms with Gasteiger partial charge in [0.15, 0.2) is 0 Å². The molecule has 3 unspecified atom stereocenters. The molecule has 0 aliphatic heterocycles. The Morgan fingerprint density at radius 3 is 2.55 bits per heavy atom.